The van der Waals surface area contributed by atoms with Crippen molar-refractivity contribution in [1.82, 2.24) is 10.3 Å². The van der Waals surface area contributed by atoms with Crippen LogP contribution in [0.5, 0.6) is 5.88 Å². The van der Waals surface area contributed by atoms with Crippen molar-refractivity contribution in [2.75, 3.05) is 12.4 Å². The molecule has 0 unspecified atom stereocenters. The maximum atomic E-state index is 12.2. The maximum absolute atomic E-state index is 12.2. The zero-order valence-corrected chi connectivity index (χ0v) is 13.8. The van der Waals surface area contributed by atoms with Crippen LogP contribution >= 0.6 is 0 Å². The average Bonchev–Trinajstić information content (AvgIpc) is 2.36. The lowest BCUT2D eigenvalue weighted by molar-refractivity contribution is -0.121. The van der Waals surface area contributed by atoms with Gasteiger partial charge >= 0.3 is 6.09 Å². The van der Waals surface area contributed by atoms with Crippen LogP contribution in [0.4, 0.5) is 10.5 Å². The summed E-state index contributed by atoms with van der Waals surface area (Å²) in [7, 11) is 1.51. The molecule has 22 heavy (non-hydrogen) atoms. The van der Waals surface area contributed by atoms with Gasteiger partial charge in [0.15, 0.2) is 0 Å². The fraction of sp³-hybridized carbons (Fsp3) is 0.533. The second-order valence-electron chi connectivity index (χ2n) is 6.30. The molecule has 7 heteroatoms. The van der Waals surface area contributed by atoms with Crippen LogP contribution in [0.2, 0.25) is 0 Å². The zero-order chi connectivity index (χ0) is 17.0. The average molecular weight is 309 g/mol. The number of nitrogens with one attached hydrogen (secondary N) is 2. The third-order valence-electron chi connectivity index (χ3n) is 2.58. The van der Waals surface area contributed by atoms with E-state index in [0.717, 1.165) is 0 Å². The third kappa shape index (κ3) is 5.59. The number of rotatable bonds is 4. The number of ether oxygens (including phenoxy) is 2. The van der Waals surface area contributed by atoms with Gasteiger partial charge in [0.2, 0.25) is 11.8 Å². The van der Waals surface area contributed by atoms with Crippen molar-refractivity contribution in [3.63, 3.8) is 0 Å². The second-order valence-corrected chi connectivity index (χ2v) is 6.30. The molecular formula is C15H23N3O4. The standard InChI is InChI=1S/C15H23N3O4/c1-14(2,3)22-13(20)18-15(4,5)12(19)17-10-7-8-11(21-6)16-9-10/h7-9H,1-6H3,(H,17,19)(H,18,20). The minimum absolute atomic E-state index is 0.384. The van der Waals surface area contributed by atoms with Crippen LogP contribution in [-0.2, 0) is 9.53 Å². The number of amides is 2. The summed E-state index contributed by atoms with van der Waals surface area (Å²) in [4.78, 5) is 28.0. The Labute approximate surface area is 130 Å². The van der Waals surface area contributed by atoms with E-state index >= 15 is 0 Å². The van der Waals surface area contributed by atoms with Gasteiger partial charge in [-0.15, -0.1) is 0 Å². The fourth-order valence-corrected chi connectivity index (χ4v) is 1.48. The molecule has 0 saturated heterocycles. The Morgan fingerprint density at radius 1 is 1.14 bits per heavy atom. The van der Waals surface area contributed by atoms with Crippen molar-refractivity contribution in [2.45, 2.75) is 45.8 Å². The molecule has 1 rings (SSSR count). The first-order valence-corrected chi connectivity index (χ1v) is 6.86. The molecule has 0 aromatic carbocycles. The van der Waals surface area contributed by atoms with E-state index in [9.17, 15) is 9.59 Å². The van der Waals surface area contributed by atoms with Crippen LogP contribution in [-0.4, -0.2) is 35.2 Å². The van der Waals surface area contributed by atoms with E-state index in [0.29, 0.717) is 11.6 Å². The highest BCUT2D eigenvalue weighted by Gasteiger charge is 2.31. The monoisotopic (exact) mass is 309 g/mol. The summed E-state index contributed by atoms with van der Waals surface area (Å²) in [5.74, 6) is 0.0643. The van der Waals surface area contributed by atoms with Gasteiger partial charge in [-0.2, -0.15) is 0 Å². The fourth-order valence-electron chi connectivity index (χ4n) is 1.48. The number of hydrogen-bond donors (Lipinski definition) is 2. The third-order valence-corrected chi connectivity index (χ3v) is 2.58. The minimum Gasteiger partial charge on any atom is -0.481 e. The smallest absolute Gasteiger partial charge is 0.408 e. The summed E-state index contributed by atoms with van der Waals surface area (Å²) < 4.78 is 10.1. The summed E-state index contributed by atoms with van der Waals surface area (Å²) in [6.07, 6.45) is 0.820. The first-order valence-electron chi connectivity index (χ1n) is 6.86. The summed E-state index contributed by atoms with van der Waals surface area (Å²) in [6, 6.07) is 3.29. The molecule has 0 bridgehead atoms. The predicted octanol–water partition coefficient (Wildman–Crippen LogP) is 2.33. The number of carbonyl (C=O) groups is 2. The molecule has 0 aliphatic heterocycles. The van der Waals surface area contributed by atoms with Crippen LogP contribution in [0.1, 0.15) is 34.6 Å². The Morgan fingerprint density at radius 3 is 2.23 bits per heavy atom. The number of methoxy groups -OCH3 is 1. The van der Waals surface area contributed by atoms with Crippen molar-refractivity contribution in [1.29, 1.82) is 0 Å². The number of carbonyl (C=O) groups excluding carboxylic acids is 2. The predicted molar refractivity (Wildman–Crippen MR) is 82.9 cm³/mol. The van der Waals surface area contributed by atoms with E-state index in [4.69, 9.17) is 9.47 Å². The highest BCUT2D eigenvalue weighted by Crippen LogP contribution is 2.14. The molecule has 7 nitrogen and oxygen atoms in total. The molecule has 1 aromatic heterocycles. The van der Waals surface area contributed by atoms with Gasteiger partial charge in [0.1, 0.15) is 11.1 Å². The van der Waals surface area contributed by atoms with E-state index in [1.807, 2.05) is 0 Å². The van der Waals surface area contributed by atoms with E-state index in [1.54, 1.807) is 46.8 Å². The lowest BCUT2D eigenvalue weighted by Crippen LogP contribution is -2.53. The minimum atomic E-state index is -1.14. The molecule has 0 spiro atoms. The summed E-state index contributed by atoms with van der Waals surface area (Å²) >= 11 is 0. The summed E-state index contributed by atoms with van der Waals surface area (Å²) in [5, 5.41) is 5.21. The molecule has 0 saturated carbocycles. The van der Waals surface area contributed by atoms with Crippen molar-refractivity contribution in [3.05, 3.63) is 18.3 Å². The Bertz CT molecular complexity index is 533. The van der Waals surface area contributed by atoms with Gasteiger partial charge in [0, 0.05) is 6.07 Å². The Balaban J connectivity index is 2.67. The molecule has 2 N–H and O–H groups in total. The summed E-state index contributed by atoms with van der Waals surface area (Å²) in [6.45, 7) is 8.43. The van der Waals surface area contributed by atoms with Crippen LogP contribution in [0.15, 0.2) is 18.3 Å². The van der Waals surface area contributed by atoms with Gasteiger partial charge in [-0.05, 0) is 40.7 Å². The quantitative estimate of drug-likeness (QED) is 0.891. The highest BCUT2D eigenvalue weighted by molar-refractivity contribution is 5.99. The molecular weight excluding hydrogens is 286 g/mol. The van der Waals surface area contributed by atoms with Crippen molar-refractivity contribution < 1.29 is 19.1 Å². The second kappa shape index (κ2) is 6.64. The molecule has 0 aliphatic rings. The Morgan fingerprint density at radius 2 is 1.77 bits per heavy atom. The van der Waals surface area contributed by atoms with Gasteiger partial charge in [0.25, 0.3) is 0 Å². The van der Waals surface area contributed by atoms with Gasteiger partial charge in [-0.1, -0.05) is 0 Å². The molecule has 0 fully saturated rings. The van der Waals surface area contributed by atoms with Crippen LogP contribution in [0.3, 0.4) is 0 Å². The number of nitrogens with zero attached hydrogens (tertiary/aromatic N) is 1. The zero-order valence-electron chi connectivity index (χ0n) is 13.8. The molecule has 0 aliphatic carbocycles. The topological polar surface area (TPSA) is 89.6 Å². The van der Waals surface area contributed by atoms with Gasteiger partial charge < -0.3 is 20.1 Å². The van der Waals surface area contributed by atoms with Gasteiger partial charge in [-0.25, -0.2) is 9.78 Å². The van der Waals surface area contributed by atoms with Crippen LogP contribution in [0, 0.1) is 0 Å². The number of pyridine rings is 1. The molecule has 1 aromatic rings. The van der Waals surface area contributed by atoms with Crippen molar-refractivity contribution in [2.24, 2.45) is 0 Å². The highest BCUT2D eigenvalue weighted by atomic mass is 16.6. The summed E-state index contributed by atoms with van der Waals surface area (Å²) in [5.41, 5.74) is -1.26. The number of alkyl carbamates (subject to hydrolysis) is 1. The normalized spacial score (nSPS) is 11.5. The number of aromatic nitrogens is 1. The lowest BCUT2D eigenvalue weighted by atomic mass is 10.0. The Hall–Kier alpha value is -2.31. The molecule has 2 amide bonds. The largest absolute Gasteiger partial charge is 0.481 e. The van der Waals surface area contributed by atoms with Gasteiger partial charge in [-0.3, -0.25) is 4.79 Å². The number of anilines is 1. The van der Waals surface area contributed by atoms with E-state index in [2.05, 4.69) is 15.6 Å². The van der Waals surface area contributed by atoms with Crippen LogP contribution in [0.25, 0.3) is 0 Å². The van der Waals surface area contributed by atoms with E-state index < -0.39 is 17.2 Å². The van der Waals surface area contributed by atoms with Crippen molar-refractivity contribution in [3.8, 4) is 5.88 Å². The maximum Gasteiger partial charge on any atom is 0.408 e. The first kappa shape index (κ1) is 17.7. The van der Waals surface area contributed by atoms with Crippen molar-refractivity contribution >= 4 is 17.7 Å². The molecule has 0 atom stereocenters. The lowest BCUT2D eigenvalue weighted by Gasteiger charge is -2.27. The molecule has 0 radical (unpaired) electrons. The van der Waals surface area contributed by atoms with Crippen LogP contribution < -0.4 is 15.4 Å². The number of hydrogen-bond acceptors (Lipinski definition) is 5. The SMILES string of the molecule is COc1ccc(NC(=O)C(C)(C)NC(=O)OC(C)(C)C)cn1. The molecule has 1 heterocycles. The van der Waals surface area contributed by atoms with Gasteiger partial charge in [0.05, 0.1) is 19.0 Å². The Kier molecular flexibility index (Phi) is 5.35. The van der Waals surface area contributed by atoms with E-state index in [1.165, 1.54) is 13.3 Å². The first-order chi connectivity index (χ1) is 10.0. The molecule has 122 valence electrons. The van der Waals surface area contributed by atoms with E-state index in [-0.39, 0.29) is 5.91 Å².